The fraction of sp³-hybridized carbons (Fsp3) is 0.143. The first-order valence-electron chi connectivity index (χ1n) is 5.41. The molecule has 0 fully saturated rings. The minimum absolute atomic E-state index is 0.230. The van der Waals surface area contributed by atoms with Gasteiger partial charge in [0, 0.05) is 10.0 Å². The number of hydrogen-bond donors (Lipinski definition) is 0. The lowest BCUT2D eigenvalue weighted by atomic mass is 10.2. The van der Waals surface area contributed by atoms with Crippen LogP contribution in [0.15, 0.2) is 46.9 Å². The topological polar surface area (TPSA) is 9.23 Å². The minimum atomic E-state index is -0.384. The third-order valence-corrected chi connectivity index (χ3v) is 3.31. The molecule has 2 aromatic rings. The predicted molar refractivity (Wildman–Crippen MR) is 74.4 cm³/mol. The lowest BCUT2D eigenvalue weighted by Gasteiger charge is -2.11. The van der Waals surface area contributed by atoms with Gasteiger partial charge in [-0.1, -0.05) is 40.2 Å². The Balaban J connectivity index is 2.12. The van der Waals surface area contributed by atoms with Crippen molar-refractivity contribution in [1.29, 1.82) is 0 Å². The molecular formula is C14H11BrClFO. The van der Waals surface area contributed by atoms with Crippen molar-refractivity contribution in [2.45, 2.75) is 12.5 Å². The second-order valence-electron chi connectivity index (χ2n) is 3.78. The lowest BCUT2D eigenvalue weighted by Crippen LogP contribution is -2.00. The van der Waals surface area contributed by atoms with E-state index in [4.69, 9.17) is 16.3 Å². The van der Waals surface area contributed by atoms with Gasteiger partial charge in [-0.3, -0.25) is 0 Å². The molecule has 0 aliphatic carbocycles. The first-order valence-corrected chi connectivity index (χ1v) is 6.74. The van der Waals surface area contributed by atoms with E-state index in [1.165, 1.54) is 6.07 Å². The highest BCUT2D eigenvalue weighted by Crippen LogP contribution is 2.25. The molecule has 0 atom stereocenters. The van der Waals surface area contributed by atoms with Crippen molar-refractivity contribution in [3.05, 3.63) is 63.9 Å². The van der Waals surface area contributed by atoms with Crippen LogP contribution < -0.4 is 4.74 Å². The smallest absolute Gasteiger partial charge is 0.165 e. The summed E-state index contributed by atoms with van der Waals surface area (Å²) in [7, 11) is 0. The van der Waals surface area contributed by atoms with Crippen LogP contribution in [-0.4, -0.2) is 0 Å². The van der Waals surface area contributed by atoms with Crippen molar-refractivity contribution in [1.82, 2.24) is 0 Å². The van der Waals surface area contributed by atoms with Crippen LogP contribution >= 0.6 is 27.5 Å². The van der Waals surface area contributed by atoms with E-state index in [2.05, 4.69) is 15.9 Å². The summed E-state index contributed by atoms with van der Waals surface area (Å²) in [5.74, 6) is 0.0774. The fourth-order valence-electron chi connectivity index (χ4n) is 1.56. The molecule has 18 heavy (non-hydrogen) atoms. The summed E-state index contributed by atoms with van der Waals surface area (Å²) in [5.41, 5.74) is 1.63. The standard InChI is InChI=1S/C14H11BrClFO/c15-12-6-4-10(5-7-12)9-18-14-11(8-16)2-1-3-13(14)17/h1-7H,8-9H2. The normalized spacial score (nSPS) is 10.4. The second kappa shape index (κ2) is 6.21. The van der Waals surface area contributed by atoms with Crippen LogP contribution in [-0.2, 0) is 12.5 Å². The zero-order chi connectivity index (χ0) is 13.0. The van der Waals surface area contributed by atoms with Crippen molar-refractivity contribution in [2.24, 2.45) is 0 Å². The molecule has 0 saturated heterocycles. The van der Waals surface area contributed by atoms with E-state index in [1.807, 2.05) is 24.3 Å². The zero-order valence-corrected chi connectivity index (χ0v) is 11.8. The quantitative estimate of drug-likeness (QED) is 0.725. The van der Waals surface area contributed by atoms with Gasteiger partial charge in [-0.15, -0.1) is 11.6 Å². The molecule has 0 amide bonds. The summed E-state index contributed by atoms with van der Waals surface area (Å²) < 4.78 is 20.1. The summed E-state index contributed by atoms with van der Waals surface area (Å²) in [4.78, 5) is 0. The molecule has 94 valence electrons. The predicted octanol–water partition coefficient (Wildman–Crippen LogP) is 4.91. The van der Waals surface area contributed by atoms with Gasteiger partial charge in [-0.05, 0) is 23.8 Å². The molecule has 2 aromatic carbocycles. The number of para-hydroxylation sites is 1. The van der Waals surface area contributed by atoms with Crippen molar-refractivity contribution in [2.75, 3.05) is 0 Å². The van der Waals surface area contributed by atoms with Crippen LogP contribution in [0.1, 0.15) is 11.1 Å². The van der Waals surface area contributed by atoms with Crippen LogP contribution in [0, 0.1) is 5.82 Å². The van der Waals surface area contributed by atoms with Crippen LogP contribution in [0.4, 0.5) is 4.39 Å². The largest absolute Gasteiger partial charge is 0.485 e. The highest BCUT2D eigenvalue weighted by Gasteiger charge is 2.09. The Morgan fingerprint density at radius 2 is 1.83 bits per heavy atom. The van der Waals surface area contributed by atoms with Crippen molar-refractivity contribution in [3.8, 4) is 5.75 Å². The maximum atomic E-state index is 13.6. The third-order valence-electron chi connectivity index (χ3n) is 2.49. The van der Waals surface area contributed by atoms with Crippen LogP contribution in [0.3, 0.4) is 0 Å². The van der Waals surface area contributed by atoms with Gasteiger partial charge < -0.3 is 4.74 Å². The summed E-state index contributed by atoms with van der Waals surface area (Å²) >= 11 is 9.11. The monoisotopic (exact) mass is 328 g/mol. The Hall–Kier alpha value is -1.06. The van der Waals surface area contributed by atoms with Gasteiger partial charge in [0.05, 0.1) is 5.88 Å². The Bertz CT molecular complexity index is 528. The molecule has 0 aliphatic heterocycles. The van der Waals surface area contributed by atoms with E-state index in [1.54, 1.807) is 12.1 Å². The average Bonchev–Trinajstić information content (AvgIpc) is 2.39. The van der Waals surface area contributed by atoms with E-state index in [9.17, 15) is 4.39 Å². The first kappa shape index (κ1) is 13.4. The Morgan fingerprint density at radius 3 is 2.50 bits per heavy atom. The highest BCUT2D eigenvalue weighted by atomic mass is 79.9. The van der Waals surface area contributed by atoms with Gasteiger partial charge >= 0.3 is 0 Å². The Labute approximate surface area is 119 Å². The van der Waals surface area contributed by atoms with Crippen LogP contribution in [0.25, 0.3) is 0 Å². The van der Waals surface area contributed by atoms with E-state index < -0.39 is 0 Å². The Morgan fingerprint density at radius 1 is 1.11 bits per heavy atom. The summed E-state index contributed by atoms with van der Waals surface area (Å²) in [6.07, 6.45) is 0. The molecular weight excluding hydrogens is 319 g/mol. The van der Waals surface area contributed by atoms with E-state index in [0.29, 0.717) is 12.2 Å². The number of hydrogen-bond acceptors (Lipinski definition) is 1. The molecule has 0 N–H and O–H groups in total. The molecule has 0 radical (unpaired) electrons. The summed E-state index contributed by atoms with van der Waals surface area (Å²) in [6.45, 7) is 0.318. The zero-order valence-electron chi connectivity index (χ0n) is 9.50. The van der Waals surface area contributed by atoms with Crippen molar-refractivity contribution in [3.63, 3.8) is 0 Å². The van der Waals surface area contributed by atoms with Gasteiger partial charge in [-0.25, -0.2) is 4.39 Å². The number of ether oxygens (including phenoxy) is 1. The SMILES string of the molecule is Fc1cccc(CCl)c1OCc1ccc(Br)cc1. The maximum absolute atomic E-state index is 13.6. The molecule has 1 nitrogen and oxygen atoms in total. The maximum Gasteiger partial charge on any atom is 0.165 e. The number of alkyl halides is 1. The minimum Gasteiger partial charge on any atom is -0.485 e. The van der Waals surface area contributed by atoms with Gasteiger partial charge in [-0.2, -0.15) is 0 Å². The van der Waals surface area contributed by atoms with Crippen molar-refractivity contribution < 1.29 is 9.13 Å². The van der Waals surface area contributed by atoms with Gasteiger partial charge in [0.2, 0.25) is 0 Å². The third kappa shape index (κ3) is 3.24. The molecule has 0 spiro atoms. The summed E-state index contributed by atoms with van der Waals surface area (Å²) in [6, 6.07) is 12.4. The molecule has 0 unspecified atom stereocenters. The van der Waals surface area contributed by atoms with E-state index in [-0.39, 0.29) is 17.4 Å². The molecule has 0 aromatic heterocycles. The van der Waals surface area contributed by atoms with Gasteiger partial charge in [0.25, 0.3) is 0 Å². The Kier molecular flexibility index (Phi) is 4.61. The fourth-order valence-corrected chi connectivity index (χ4v) is 2.03. The van der Waals surface area contributed by atoms with Crippen molar-refractivity contribution >= 4 is 27.5 Å². The molecule has 0 bridgehead atoms. The van der Waals surface area contributed by atoms with Gasteiger partial charge in [0.15, 0.2) is 11.6 Å². The van der Waals surface area contributed by atoms with Crippen LogP contribution in [0.2, 0.25) is 0 Å². The molecule has 0 aliphatic rings. The first-order chi connectivity index (χ1) is 8.70. The average molecular weight is 330 g/mol. The van der Waals surface area contributed by atoms with E-state index in [0.717, 1.165) is 10.0 Å². The van der Waals surface area contributed by atoms with Gasteiger partial charge in [0.1, 0.15) is 6.61 Å². The molecule has 2 rings (SSSR count). The highest BCUT2D eigenvalue weighted by molar-refractivity contribution is 9.10. The second-order valence-corrected chi connectivity index (χ2v) is 4.96. The summed E-state index contributed by atoms with van der Waals surface area (Å²) in [5, 5.41) is 0. The molecule has 0 heterocycles. The number of rotatable bonds is 4. The van der Waals surface area contributed by atoms with E-state index >= 15 is 0 Å². The lowest BCUT2D eigenvalue weighted by molar-refractivity contribution is 0.288. The molecule has 4 heteroatoms. The van der Waals surface area contributed by atoms with Crippen LogP contribution in [0.5, 0.6) is 5.75 Å². The molecule has 0 saturated carbocycles. The number of halogens is 3. The number of benzene rings is 2.